The molecule has 1 fully saturated rings. The number of para-hydroxylation sites is 1. The highest BCUT2D eigenvalue weighted by atomic mass is 16.2. The number of carbonyl (C=O) groups excluding carboxylic acids is 1. The van der Waals surface area contributed by atoms with Crippen LogP contribution in [0.15, 0.2) is 60.9 Å². The molecule has 1 atom stereocenters. The lowest BCUT2D eigenvalue weighted by molar-refractivity contribution is 0.0635. The summed E-state index contributed by atoms with van der Waals surface area (Å²) in [5.74, 6) is -0.0975. The maximum atomic E-state index is 13.4. The van der Waals surface area contributed by atoms with Crippen molar-refractivity contribution in [2.24, 2.45) is 0 Å². The number of benzene rings is 1. The molecule has 1 saturated heterocycles. The largest absolute Gasteiger partial charge is 0.328 e. The van der Waals surface area contributed by atoms with Crippen LogP contribution in [0.3, 0.4) is 0 Å². The summed E-state index contributed by atoms with van der Waals surface area (Å²) >= 11 is 0. The second-order valence-electron chi connectivity index (χ2n) is 6.94. The smallest absolute Gasteiger partial charge is 0.276 e. The minimum absolute atomic E-state index is 0.0975. The summed E-state index contributed by atoms with van der Waals surface area (Å²) in [6.07, 6.45) is 6.26. The third-order valence-corrected chi connectivity index (χ3v) is 5.00. The van der Waals surface area contributed by atoms with Gasteiger partial charge in [0, 0.05) is 12.2 Å². The number of amides is 1. The van der Waals surface area contributed by atoms with Gasteiger partial charge >= 0.3 is 0 Å². The van der Waals surface area contributed by atoms with Gasteiger partial charge < -0.3 is 10.2 Å². The summed E-state index contributed by atoms with van der Waals surface area (Å²) in [4.78, 5) is 21.2. The van der Waals surface area contributed by atoms with Crippen LogP contribution in [-0.2, 0) is 6.54 Å². The molecular weight excluding hydrogens is 352 g/mol. The van der Waals surface area contributed by atoms with Crippen LogP contribution in [0.2, 0.25) is 0 Å². The van der Waals surface area contributed by atoms with Crippen molar-refractivity contribution in [1.82, 2.24) is 30.2 Å². The van der Waals surface area contributed by atoms with E-state index in [1.165, 1.54) is 4.80 Å². The number of nitrogens with one attached hydrogen (secondary N) is 1. The second-order valence-corrected chi connectivity index (χ2v) is 6.94. The van der Waals surface area contributed by atoms with E-state index in [2.05, 4.69) is 20.5 Å². The van der Waals surface area contributed by atoms with Gasteiger partial charge in [0.1, 0.15) is 0 Å². The Bertz CT molecular complexity index is 888. The fourth-order valence-corrected chi connectivity index (χ4v) is 3.54. The molecule has 2 aromatic heterocycles. The molecule has 7 nitrogen and oxygen atoms in total. The van der Waals surface area contributed by atoms with Gasteiger partial charge in [-0.25, -0.2) is 0 Å². The zero-order valence-corrected chi connectivity index (χ0v) is 15.7. The van der Waals surface area contributed by atoms with Crippen LogP contribution < -0.4 is 5.32 Å². The van der Waals surface area contributed by atoms with E-state index in [1.54, 1.807) is 12.4 Å². The van der Waals surface area contributed by atoms with Crippen molar-refractivity contribution in [3.8, 4) is 5.69 Å². The maximum Gasteiger partial charge on any atom is 0.276 e. The molecule has 4 rings (SSSR count). The first-order chi connectivity index (χ1) is 13.8. The molecule has 0 bridgehead atoms. The van der Waals surface area contributed by atoms with Crippen molar-refractivity contribution < 1.29 is 4.79 Å². The average Bonchev–Trinajstić information content (AvgIpc) is 3.09. The molecule has 0 spiro atoms. The van der Waals surface area contributed by atoms with Crippen molar-refractivity contribution >= 4 is 5.91 Å². The summed E-state index contributed by atoms with van der Waals surface area (Å²) in [6.45, 7) is 2.38. The zero-order valence-electron chi connectivity index (χ0n) is 15.7. The van der Waals surface area contributed by atoms with Crippen molar-refractivity contribution in [1.29, 1.82) is 0 Å². The van der Waals surface area contributed by atoms with Gasteiger partial charge in [-0.05, 0) is 56.6 Å². The molecule has 0 aliphatic carbocycles. The second kappa shape index (κ2) is 8.75. The van der Waals surface area contributed by atoms with Crippen LogP contribution >= 0.6 is 0 Å². The predicted molar refractivity (Wildman–Crippen MR) is 106 cm³/mol. The number of hydrogen-bond donors (Lipinski definition) is 1. The molecule has 1 N–H and O–H groups in total. The Morgan fingerprint density at radius 3 is 2.79 bits per heavy atom. The molecule has 0 saturated carbocycles. The number of hydrogen-bond acceptors (Lipinski definition) is 5. The zero-order chi connectivity index (χ0) is 19.2. The Morgan fingerprint density at radius 1 is 1.11 bits per heavy atom. The van der Waals surface area contributed by atoms with E-state index in [0.29, 0.717) is 12.2 Å². The minimum Gasteiger partial charge on any atom is -0.328 e. The van der Waals surface area contributed by atoms with E-state index in [1.807, 2.05) is 53.4 Å². The number of pyridine rings is 1. The summed E-state index contributed by atoms with van der Waals surface area (Å²) in [6, 6.07) is 15.6. The summed E-state index contributed by atoms with van der Waals surface area (Å²) in [5.41, 5.74) is 2.07. The van der Waals surface area contributed by atoms with Crippen LogP contribution in [0.4, 0.5) is 0 Å². The van der Waals surface area contributed by atoms with Gasteiger partial charge in [0.25, 0.3) is 5.91 Å². The van der Waals surface area contributed by atoms with E-state index in [4.69, 9.17) is 0 Å². The third kappa shape index (κ3) is 4.26. The lowest BCUT2D eigenvalue weighted by Crippen LogP contribution is -2.40. The van der Waals surface area contributed by atoms with Gasteiger partial charge in [0.2, 0.25) is 0 Å². The number of carbonyl (C=O) groups is 1. The molecule has 3 heterocycles. The first-order valence-corrected chi connectivity index (χ1v) is 9.70. The normalized spacial score (nSPS) is 17.1. The topological polar surface area (TPSA) is 75.9 Å². The first kappa shape index (κ1) is 18.3. The summed E-state index contributed by atoms with van der Waals surface area (Å²) in [7, 11) is 0. The van der Waals surface area contributed by atoms with Gasteiger partial charge in [-0.1, -0.05) is 24.3 Å². The fraction of sp³-hybridized carbons (Fsp3) is 0.333. The SMILES string of the molecule is O=C(c1cnn(-c2ccccc2)n1)N(Cc1ccccn1)C1CCCNCC1. The standard InChI is InChI=1S/C21H24N6O/c28-21(20-15-24-27(25-20)19-8-2-1-3-9-19)26(16-17-7-4-5-13-23-17)18-10-6-12-22-14-11-18/h1-5,7-9,13,15,18,22H,6,10-12,14,16H2. The van der Waals surface area contributed by atoms with Gasteiger partial charge in [0.05, 0.1) is 24.1 Å². The Morgan fingerprint density at radius 2 is 1.96 bits per heavy atom. The number of aromatic nitrogens is 4. The molecule has 0 radical (unpaired) electrons. The molecule has 1 aliphatic heterocycles. The molecule has 144 valence electrons. The fourth-order valence-electron chi connectivity index (χ4n) is 3.54. The van der Waals surface area contributed by atoms with Crippen LogP contribution in [-0.4, -0.2) is 49.9 Å². The van der Waals surface area contributed by atoms with Crippen LogP contribution in [0.1, 0.15) is 35.4 Å². The third-order valence-electron chi connectivity index (χ3n) is 5.00. The van der Waals surface area contributed by atoms with Gasteiger partial charge in [0.15, 0.2) is 5.69 Å². The molecule has 3 aromatic rings. The van der Waals surface area contributed by atoms with Crippen LogP contribution in [0.5, 0.6) is 0 Å². The van der Waals surface area contributed by atoms with Crippen molar-refractivity contribution in [3.05, 3.63) is 72.3 Å². The highest BCUT2D eigenvalue weighted by Gasteiger charge is 2.28. The minimum atomic E-state index is -0.0975. The Labute approximate surface area is 164 Å². The van der Waals surface area contributed by atoms with E-state index >= 15 is 0 Å². The Balaban J connectivity index is 1.60. The monoisotopic (exact) mass is 376 g/mol. The average molecular weight is 376 g/mol. The molecule has 1 amide bonds. The molecule has 1 aromatic carbocycles. The lowest BCUT2D eigenvalue weighted by atomic mass is 10.1. The predicted octanol–water partition coefficient (Wildman–Crippen LogP) is 2.45. The van der Waals surface area contributed by atoms with E-state index in [9.17, 15) is 4.79 Å². The van der Waals surface area contributed by atoms with Gasteiger partial charge in [-0.2, -0.15) is 9.90 Å². The summed E-state index contributed by atoms with van der Waals surface area (Å²) < 4.78 is 0. The van der Waals surface area contributed by atoms with Gasteiger partial charge in [-0.15, -0.1) is 5.10 Å². The Kier molecular flexibility index (Phi) is 5.72. The molecule has 7 heteroatoms. The first-order valence-electron chi connectivity index (χ1n) is 9.70. The van der Waals surface area contributed by atoms with Crippen molar-refractivity contribution in [3.63, 3.8) is 0 Å². The Hall–Kier alpha value is -3.06. The van der Waals surface area contributed by atoms with E-state index in [0.717, 1.165) is 43.7 Å². The summed E-state index contributed by atoms with van der Waals surface area (Å²) in [5, 5.41) is 12.1. The molecular formula is C21H24N6O. The number of rotatable bonds is 5. The quantitative estimate of drug-likeness (QED) is 0.740. The van der Waals surface area contributed by atoms with Crippen molar-refractivity contribution in [2.75, 3.05) is 13.1 Å². The maximum absolute atomic E-state index is 13.4. The van der Waals surface area contributed by atoms with Crippen molar-refractivity contribution in [2.45, 2.75) is 31.8 Å². The molecule has 1 unspecified atom stereocenters. The molecule has 1 aliphatic rings. The highest BCUT2D eigenvalue weighted by Crippen LogP contribution is 2.19. The lowest BCUT2D eigenvalue weighted by Gasteiger charge is -2.30. The van der Waals surface area contributed by atoms with Crippen LogP contribution in [0, 0.1) is 0 Å². The van der Waals surface area contributed by atoms with Gasteiger partial charge in [-0.3, -0.25) is 9.78 Å². The van der Waals surface area contributed by atoms with E-state index in [-0.39, 0.29) is 11.9 Å². The van der Waals surface area contributed by atoms with E-state index < -0.39 is 0 Å². The molecule has 28 heavy (non-hydrogen) atoms. The van der Waals surface area contributed by atoms with Crippen LogP contribution in [0.25, 0.3) is 5.69 Å². The number of nitrogens with zero attached hydrogens (tertiary/aromatic N) is 5. The highest BCUT2D eigenvalue weighted by molar-refractivity contribution is 5.92.